The highest BCUT2D eigenvalue weighted by molar-refractivity contribution is 5.74. The quantitative estimate of drug-likeness (QED) is 0.691. The number of hydrogen-bond donors (Lipinski definition) is 1. The van der Waals surface area contributed by atoms with Gasteiger partial charge in [0, 0.05) is 19.1 Å². The number of nitrogens with zero attached hydrogens (tertiary/aromatic N) is 1. The SMILES string of the molecule is O=C(N[C@@H]1CCC[C@H](C(F)(F)F)C1)N1CCC[C@]2(CC=CCC2)C1. The molecule has 24 heavy (non-hydrogen) atoms. The fourth-order valence-corrected chi connectivity index (χ4v) is 4.58. The number of piperidine rings is 1. The molecule has 1 heterocycles. The van der Waals surface area contributed by atoms with E-state index < -0.39 is 12.1 Å². The number of carbonyl (C=O) groups is 1. The number of urea groups is 1. The zero-order valence-electron chi connectivity index (χ0n) is 14.1. The van der Waals surface area contributed by atoms with Crippen molar-refractivity contribution in [3.8, 4) is 0 Å². The van der Waals surface area contributed by atoms with Gasteiger partial charge in [0.05, 0.1) is 5.92 Å². The van der Waals surface area contributed by atoms with Crippen LogP contribution in [0.25, 0.3) is 0 Å². The molecule has 3 aliphatic rings. The van der Waals surface area contributed by atoms with Crippen LogP contribution in [0.5, 0.6) is 0 Å². The predicted molar refractivity (Wildman–Crippen MR) is 86.6 cm³/mol. The molecule has 1 spiro atoms. The van der Waals surface area contributed by atoms with Gasteiger partial charge in [-0.15, -0.1) is 0 Å². The lowest BCUT2D eigenvalue weighted by Crippen LogP contribution is -2.53. The normalized spacial score (nSPS) is 34.4. The Morgan fingerprint density at radius 1 is 1.17 bits per heavy atom. The number of carbonyl (C=O) groups excluding carboxylic acids is 1. The van der Waals surface area contributed by atoms with Crippen molar-refractivity contribution in [2.75, 3.05) is 13.1 Å². The molecule has 0 aromatic carbocycles. The maximum absolute atomic E-state index is 12.9. The van der Waals surface area contributed by atoms with Gasteiger partial charge in [-0.2, -0.15) is 13.2 Å². The van der Waals surface area contributed by atoms with Crippen molar-refractivity contribution in [3.63, 3.8) is 0 Å². The number of rotatable bonds is 1. The van der Waals surface area contributed by atoms with Gasteiger partial charge in [0.25, 0.3) is 0 Å². The van der Waals surface area contributed by atoms with Crippen molar-refractivity contribution in [1.29, 1.82) is 0 Å². The van der Waals surface area contributed by atoms with Crippen LogP contribution in [0.15, 0.2) is 12.2 Å². The van der Waals surface area contributed by atoms with E-state index in [4.69, 9.17) is 0 Å². The number of hydrogen-bond acceptors (Lipinski definition) is 1. The molecule has 0 aromatic heterocycles. The minimum atomic E-state index is -4.15. The van der Waals surface area contributed by atoms with Crippen molar-refractivity contribution in [2.24, 2.45) is 11.3 Å². The fourth-order valence-electron chi connectivity index (χ4n) is 4.58. The zero-order chi connectivity index (χ0) is 17.2. The van der Waals surface area contributed by atoms with E-state index in [0.717, 1.165) is 38.6 Å². The Morgan fingerprint density at radius 3 is 2.71 bits per heavy atom. The van der Waals surface area contributed by atoms with E-state index in [1.807, 2.05) is 4.90 Å². The van der Waals surface area contributed by atoms with Gasteiger partial charge in [-0.25, -0.2) is 4.79 Å². The van der Waals surface area contributed by atoms with Gasteiger partial charge in [-0.05, 0) is 56.8 Å². The Kier molecular flexibility index (Phi) is 5.11. The van der Waals surface area contributed by atoms with Gasteiger partial charge >= 0.3 is 12.2 Å². The van der Waals surface area contributed by atoms with Crippen molar-refractivity contribution in [3.05, 3.63) is 12.2 Å². The van der Waals surface area contributed by atoms with E-state index in [0.29, 0.717) is 19.4 Å². The molecule has 2 amide bonds. The minimum Gasteiger partial charge on any atom is -0.335 e. The molecule has 1 saturated carbocycles. The van der Waals surface area contributed by atoms with Gasteiger partial charge in [0.2, 0.25) is 0 Å². The number of halogens is 3. The standard InChI is InChI=1S/C18H27F3N2O/c19-18(20,21)14-6-4-7-15(12-14)22-16(24)23-11-5-10-17(13-23)8-2-1-3-9-17/h1-2,14-15H,3-13H2,(H,22,24)/t14-,15+,17+/m0/s1. The second kappa shape index (κ2) is 6.96. The first-order valence-corrected chi connectivity index (χ1v) is 9.15. The lowest BCUT2D eigenvalue weighted by atomic mass is 9.71. The Balaban J connectivity index is 1.55. The van der Waals surface area contributed by atoms with E-state index in [-0.39, 0.29) is 30.3 Å². The lowest BCUT2D eigenvalue weighted by Gasteiger charge is -2.44. The Labute approximate surface area is 141 Å². The summed E-state index contributed by atoms with van der Waals surface area (Å²) in [5.74, 6) is -1.27. The molecule has 1 saturated heterocycles. The molecule has 3 nitrogen and oxygen atoms in total. The topological polar surface area (TPSA) is 32.3 Å². The molecule has 0 bridgehead atoms. The van der Waals surface area contributed by atoms with Gasteiger partial charge in [0.15, 0.2) is 0 Å². The average Bonchev–Trinajstić information content (AvgIpc) is 2.55. The Bertz CT molecular complexity index is 491. The molecule has 0 radical (unpaired) electrons. The summed E-state index contributed by atoms with van der Waals surface area (Å²) >= 11 is 0. The van der Waals surface area contributed by atoms with Gasteiger partial charge in [-0.1, -0.05) is 18.6 Å². The lowest BCUT2D eigenvalue weighted by molar-refractivity contribution is -0.183. The Hall–Kier alpha value is -1.20. The summed E-state index contributed by atoms with van der Waals surface area (Å²) in [4.78, 5) is 14.4. The van der Waals surface area contributed by atoms with Crippen molar-refractivity contribution in [1.82, 2.24) is 10.2 Å². The molecular weight excluding hydrogens is 317 g/mol. The average molecular weight is 344 g/mol. The molecule has 3 rings (SSSR count). The molecular formula is C18H27F3N2O. The summed E-state index contributed by atoms with van der Waals surface area (Å²) < 4.78 is 38.7. The molecule has 0 aromatic rings. The molecule has 2 aliphatic carbocycles. The number of amides is 2. The summed E-state index contributed by atoms with van der Waals surface area (Å²) in [5.41, 5.74) is 0.186. The van der Waals surface area contributed by atoms with E-state index in [1.54, 1.807) is 0 Å². The van der Waals surface area contributed by atoms with Crippen LogP contribution in [-0.2, 0) is 0 Å². The first kappa shape index (κ1) is 17.6. The van der Waals surface area contributed by atoms with Gasteiger partial charge in [0.1, 0.15) is 0 Å². The van der Waals surface area contributed by atoms with Crippen LogP contribution in [0.2, 0.25) is 0 Å². The zero-order valence-corrected chi connectivity index (χ0v) is 14.1. The van der Waals surface area contributed by atoms with Crippen LogP contribution in [0, 0.1) is 11.3 Å². The first-order valence-electron chi connectivity index (χ1n) is 9.15. The highest BCUT2D eigenvalue weighted by Gasteiger charge is 2.43. The predicted octanol–water partition coefficient (Wildman–Crippen LogP) is 4.64. The third-order valence-electron chi connectivity index (χ3n) is 5.97. The largest absolute Gasteiger partial charge is 0.391 e. The number of alkyl halides is 3. The molecule has 1 N–H and O–H groups in total. The van der Waals surface area contributed by atoms with Crippen LogP contribution in [0.1, 0.15) is 57.8 Å². The Morgan fingerprint density at radius 2 is 2.00 bits per heavy atom. The van der Waals surface area contributed by atoms with Crippen LogP contribution < -0.4 is 5.32 Å². The molecule has 0 unspecified atom stereocenters. The minimum absolute atomic E-state index is 0.0248. The third kappa shape index (κ3) is 4.06. The van der Waals surface area contributed by atoms with E-state index >= 15 is 0 Å². The highest BCUT2D eigenvalue weighted by Crippen LogP contribution is 2.41. The first-order chi connectivity index (χ1) is 11.4. The third-order valence-corrected chi connectivity index (χ3v) is 5.97. The van der Waals surface area contributed by atoms with E-state index in [9.17, 15) is 18.0 Å². The fraction of sp³-hybridized carbons (Fsp3) is 0.833. The summed E-state index contributed by atoms with van der Waals surface area (Å²) in [6.07, 6.45) is 6.96. The summed E-state index contributed by atoms with van der Waals surface area (Å²) in [6.45, 7) is 1.45. The maximum atomic E-state index is 12.9. The highest BCUT2D eigenvalue weighted by atomic mass is 19.4. The van der Waals surface area contributed by atoms with Crippen molar-refractivity contribution < 1.29 is 18.0 Å². The summed E-state index contributed by atoms with van der Waals surface area (Å²) in [7, 11) is 0. The molecule has 1 aliphatic heterocycles. The smallest absolute Gasteiger partial charge is 0.335 e. The molecule has 136 valence electrons. The van der Waals surface area contributed by atoms with Crippen molar-refractivity contribution in [2.45, 2.75) is 70.0 Å². The number of nitrogens with one attached hydrogen (secondary N) is 1. The summed E-state index contributed by atoms with van der Waals surface area (Å²) in [6, 6.07) is -0.515. The van der Waals surface area contributed by atoms with E-state index in [1.165, 1.54) is 0 Å². The second-order valence-electron chi connectivity index (χ2n) is 7.79. The second-order valence-corrected chi connectivity index (χ2v) is 7.79. The maximum Gasteiger partial charge on any atom is 0.391 e. The molecule has 6 heteroatoms. The van der Waals surface area contributed by atoms with Crippen LogP contribution in [-0.4, -0.2) is 36.2 Å². The van der Waals surface area contributed by atoms with Crippen molar-refractivity contribution >= 4 is 6.03 Å². The monoisotopic (exact) mass is 344 g/mol. The summed E-state index contributed by atoms with van der Waals surface area (Å²) in [5, 5.41) is 2.88. The van der Waals surface area contributed by atoms with Gasteiger partial charge in [-0.3, -0.25) is 0 Å². The molecule has 2 fully saturated rings. The number of likely N-dealkylation sites (tertiary alicyclic amines) is 1. The molecule has 3 atom stereocenters. The van der Waals surface area contributed by atoms with Crippen LogP contribution >= 0.6 is 0 Å². The van der Waals surface area contributed by atoms with Gasteiger partial charge < -0.3 is 10.2 Å². The number of allylic oxidation sites excluding steroid dienone is 2. The van der Waals surface area contributed by atoms with Crippen LogP contribution in [0.4, 0.5) is 18.0 Å². The van der Waals surface area contributed by atoms with Crippen LogP contribution in [0.3, 0.4) is 0 Å². The van der Waals surface area contributed by atoms with E-state index in [2.05, 4.69) is 17.5 Å².